The summed E-state index contributed by atoms with van der Waals surface area (Å²) in [6, 6.07) is 5.99. The summed E-state index contributed by atoms with van der Waals surface area (Å²) < 4.78 is 74.2. The van der Waals surface area contributed by atoms with Gasteiger partial charge in [0, 0.05) is 57.0 Å². The van der Waals surface area contributed by atoms with Crippen molar-refractivity contribution in [3.8, 4) is 23.5 Å². The summed E-state index contributed by atoms with van der Waals surface area (Å²) in [4.78, 5) is 12.5. The van der Waals surface area contributed by atoms with Crippen LogP contribution in [0.5, 0.6) is 5.88 Å². The molecule has 15 heteroatoms. The standard InChI is InChI=1S/C29H33F2N7O4SSi/c1-41-29-24(13-19(14-32)15-34-29)43(39,40)36-22-7-6-21(30)25(26(22)31)20-5-8-23-27(35-17-38(23)16-20)28-33-9-10-37(28)18-42-11-12-44(2,3)4/h6-7,9-10,13,15,17,20,36H,5,8,11-12,16,18H2,1-4H3. The van der Waals surface area contributed by atoms with Crippen molar-refractivity contribution >= 4 is 23.8 Å². The molecule has 0 saturated carbocycles. The van der Waals surface area contributed by atoms with E-state index >= 15 is 8.78 Å². The van der Waals surface area contributed by atoms with E-state index in [-0.39, 0.29) is 23.6 Å². The van der Waals surface area contributed by atoms with Crippen LogP contribution in [0.15, 0.2) is 48.0 Å². The molecule has 3 aromatic heterocycles. The third-order valence-electron chi connectivity index (χ3n) is 7.46. The van der Waals surface area contributed by atoms with Crippen molar-refractivity contribution in [2.45, 2.75) is 62.6 Å². The fourth-order valence-corrected chi connectivity index (χ4v) is 7.08. The molecule has 0 aliphatic carbocycles. The van der Waals surface area contributed by atoms with Crippen LogP contribution < -0.4 is 9.46 Å². The van der Waals surface area contributed by atoms with Crippen LogP contribution in [0, 0.1) is 23.0 Å². The first-order valence-electron chi connectivity index (χ1n) is 14.0. The third kappa shape index (κ3) is 6.52. The number of nitrogens with one attached hydrogen (secondary N) is 1. The van der Waals surface area contributed by atoms with E-state index in [1.807, 2.05) is 21.4 Å². The van der Waals surface area contributed by atoms with Crippen LogP contribution in [-0.4, -0.2) is 54.3 Å². The average Bonchev–Trinajstić information content (AvgIpc) is 3.62. The Bertz CT molecular complexity index is 1830. The molecule has 0 fully saturated rings. The van der Waals surface area contributed by atoms with Gasteiger partial charge < -0.3 is 18.6 Å². The highest BCUT2D eigenvalue weighted by Crippen LogP contribution is 2.37. The Hall–Kier alpha value is -4.13. The zero-order valence-electron chi connectivity index (χ0n) is 24.8. The maximum atomic E-state index is 15.9. The van der Waals surface area contributed by atoms with Gasteiger partial charge in [-0.3, -0.25) is 4.72 Å². The van der Waals surface area contributed by atoms with Gasteiger partial charge in [0.15, 0.2) is 16.5 Å². The normalized spacial score (nSPS) is 15.1. The Labute approximate surface area is 255 Å². The number of nitriles is 1. The highest BCUT2D eigenvalue weighted by molar-refractivity contribution is 7.92. The van der Waals surface area contributed by atoms with E-state index in [1.165, 1.54) is 7.11 Å². The topological polar surface area (TPSA) is 137 Å². The van der Waals surface area contributed by atoms with Crippen molar-refractivity contribution in [1.82, 2.24) is 24.1 Å². The van der Waals surface area contributed by atoms with E-state index in [4.69, 9.17) is 9.47 Å². The summed E-state index contributed by atoms with van der Waals surface area (Å²) in [5.74, 6) is -2.00. The van der Waals surface area contributed by atoms with Crippen molar-refractivity contribution in [3.63, 3.8) is 0 Å². The quantitative estimate of drug-likeness (QED) is 0.176. The van der Waals surface area contributed by atoms with E-state index < -0.39 is 46.2 Å². The Morgan fingerprint density at radius 2 is 2.00 bits per heavy atom. The van der Waals surface area contributed by atoms with Crippen LogP contribution >= 0.6 is 0 Å². The Balaban J connectivity index is 1.36. The van der Waals surface area contributed by atoms with Gasteiger partial charge in [0.1, 0.15) is 24.3 Å². The number of ether oxygens (including phenoxy) is 2. The van der Waals surface area contributed by atoms with Crippen molar-refractivity contribution < 1.29 is 26.7 Å². The smallest absolute Gasteiger partial charge is 0.267 e. The summed E-state index contributed by atoms with van der Waals surface area (Å²) in [5, 5.41) is 9.18. The van der Waals surface area contributed by atoms with Gasteiger partial charge in [0.05, 0.1) is 24.7 Å². The molecule has 1 N–H and O–H groups in total. The van der Waals surface area contributed by atoms with E-state index in [0.717, 1.165) is 36.1 Å². The molecule has 0 bridgehead atoms. The van der Waals surface area contributed by atoms with Crippen LogP contribution in [0.3, 0.4) is 0 Å². The molecule has 0 amide bonds. The number of rotatable bonds is 11. The lowest BCUT2D eigenvalue weighted by Gasteiger charge is -2.26. The van der Waals surface area contributed by atoms with Gasteiger partial charge >= 0.3 is 0 Å². The number of hydrogen-bond donors (Lipinski definition) is 1. The first kappa shape index (κ1) is 31.3. The molecule has 232 valence electrons. The Kier molecular flexibility index (Phi) is 8.87. The van der Waals surface area contributed by atoms with Gasteiger partial charge in [-0.1, -0.05) is 19.6 Å². The molecule has 1 aliphatic heterocycles. The van der Waals surface area contributed by atoms with Crippen LogP contribution in [0.4, 0.5) is 14.5 Å². The molecule has 1 unspecified atom stereocenters. The second kappa shape index (κ2) is 12.5. The van der Waals surface area contributed by atoms with Crippen molar-refractivity contribution in [2.75, 3.05) is 18.4 Å². The summed E-state index contributed by atoms with van der Waals surface area (Å²) >= 11 is 0. The summed E-state index contributed by atoms with van der Waals surface area (Å²) in [5.41, 5.74) is 0.900. The van der Waals surface area contributed by atoms with E-state index in [1.54, 1.807) is 12.5 Å². The summed E-state index contributed by atoms with van der Waals surface area (Å²) in [6.45, 7) is 8.13. The second-order valence-electron chi connectivity index (χ2n) is 11.8. The monoisotopic (exact) mass is 641 g/mol. The summed E-state index contributed by atoms with van der Waals surface area (Å²) in [6.07, 6.45) is 7.19. The van der Waals surface area contributed by atoms with Gasteiger partial charge in [0.25, 0.3) is 10.0 Å². The number of sulfonamides is 1. The van der Waals surface area contributed by atoms with Gasteiger partial charge in [-0.15, -0.1) is 0 Å². The zero-order chi connectivity index (χ0) is 31.6. The number of fused-ring (bicyclic) bond motifs is 1. The molecule has 4 heterocycles. The molecule has 0 spiro atoms. The molecule has 5 rings (SSSR count). The molecule has 1 aromatic carbocycles. The van der Waals surface area contributed by atoms with Crippen LogP contribution in [0.1, 0.15) is 29.2 Å². The largest absolute Gasteiger partial charge is 0.480 e. The van der Waals surface area contributed by atoms with Gasteiger partial charge in [-0.25, -0.2) is 32.2 Å². The molecule has 4 aromatic rings. The molecular weight excluding hydrogens is 609 g/mol. The molecule has 1 aliphatic rings. The van der Waals surface area contributed by atoms with Crippen molar-refractivity contribution in [1.29, 1.82) is 5.26 Å². The molecule has 0 saturated heterocycles. The maximum absolute atomic E-state index is 15.9. The highest BCUT2D eigenvalue weighted by Gasteiger charge is 2.31. The number of pyridine rings is 1. The number of anilines is 1. The molecule has 44 heavy (non-hydrogen) atoms. The second-order valence-corrected chi connectivity index (χ2v) is 19.0. The van der Waals surface area contributed by atoms with Crippen molar-refractivity contribution in [3.05, 3.63) is 71.6 Å². The van der Waals surface area contributed by atoms with Crippen LogP contribution in [0.2, 0.25) is 25.7 Å². The number of benzene rings is 1. The van der Waals surface area contributed by atoms with Crippen LogP contribution in [0.25, 0.3) is 11.5 Å². The van der Waals surface area contributed by atoms with Crippen LogP contribution in [-0.2, 0) is 34.5 Å². The first-order valence-corrected chi connectivity index (χ1v) is 19.2. The number of hydrogen-bond acceptors (Lipinski definition) is 8. The molecular formula is C29H33F2N7O4SSi. The number of imidazole rings is 2. The Morgan fingerprint density at radius 1 is 1.20 bits per heavy atom. The van der Waals surface area contributed by atoms with E-state index in [9.17, 15) is 13.7 Å². The predicted octanol–water partition coefficient (Wildman–Crippen LogP) is 5.14. The average molecular weight is 642 g/mol. The lowest BCUT2D eigenvalue weighted by Crippen LogP contribution is -2.22. The highest BCUT2D eigenvalue weighted by atomic mass is 32.2. The van der Waals surface area contributed by atoms with E-state index in [2.05, 4.69) is 39.3 Å². The minimum atomic E-state index is -4.45. The molecule has 11 nitrogen and oxygen atoms in total. The Morgan fingerprint density at radius 3 is 2.73 bits per heavy atom. The minimum absolute atomic E-state index is 0.0267. The fourth-order valence-electron chi connectivity index (χ4n) is 5.12. The summed E-state index contributed by atoms with van der Waals surface area (Å²) in [7, 11) is -4.44. The predicted molar refractivity (Wildman–Crippen MR) is 161 cm³/mol. The first-order chi connectivity index (χ1) is 20.9. The van der Waals surface area contributed by atoms with Crippen molar-refractivity contribution in [2.24, 2.45) is 0 Å². The minimum Gasteiger partial charge on any atom is -0.480 e. The zero-order valence-corrected chi connectivity index (χ0v) is 26.7. The lowest BCUT2D eigenvalue weighted by molar-refractivity contribution is 0.0882. The lowest BCUT2D eigenvalue weighted by atomic mass is 9.89. The number of methoxy groups -OCH3 is 1. The molecule has 0 radical (unpaired) electrons. The van der Waals surface area contributed by atoms with E-state index in [0.29, 0.717) is 37.7 Å². The maximum Gasteiger partial charge on any atom is 0.267 e. The van der Waals surface area contributed by atoms with Gasteiger partial charge in [-0.2, -0.15) is 5.26 Å². The number of halogens is 2. The van der Waals surface area contributed by atoms with Gasteiger partial charge in [-0.05, 0) is 37.1 Å². The number of nitrogens with zero attached hydrogens (tertiary/aromatic N) is 6. The third-order valence-corrected chi connectivity index (χ3v) is 10.5. The fraction of sp³-hybridized carbons (Fsp3) is 0.379. The molecule has 1 atom stereocenters. The number of aromatic nitrogens is 5. The SMILES string of the molecule is COc1ncc(C#N)cc1S(=O)(=O)Nc1ccc(F)c(C2CCc3c(-c4nccn4COCC[Si](C)(C)C)ncn3C2)c1F. The van der Waals surface area contributed by atoms with Gasteiger partial charge in [0.2, 0.25) is 5.88 Å².